The first kappa shape index (κ1) is 38.6. The van der Waals surface area contributed by atoms with Crippen LogP contribution in [-0.2, 0) is 30.2 Å². The first-order valence-corrected chi connectivity index (χ1v) is 16.4. The zero-order valence-electron chi connectivity index (χ0n) is 29.0. The molecule has 3 rings (SSSR count). The van der Waals surface area contributed by atoms with Gasteiger partial charge < -0.3 is 40.2 Å². The summed E-state index contributed by atoms with van der Waals surface area (Å²) in [6, 6.07) is 4.61. The summed E-state index contributed by atoms with van der Waals surface area (Å²) in [4.78, 5) is 52.0. The Bertz CT molecular complexity index is 1110. The Labute approximate surface area is 274 Å². The summed E-state index contributed by atoms with van der Waals surface area (Å²) < 4.78 is 22.5. The Kier molecular flexibility index (Phi) is 15.6. The molecule has 4 amide bonds. The highest BCUT2D eigenvalue weighted by molar-refractivity contribution is 5.89. The molecule has 1 aromatic carbocycles. The van der Waals surface area contributed by atoms with Crippen molar-refractivity contribution in [2.24, 2.45) is 5.92 Å². The van der Waals surface area contributed by atoms with Crippen LogP contribution >= 0.6 is 0 Å². The van der Waals surface area contributed by atoms with Gasteiger partial charge in [0, 0.05) is 19.6 Å². The molecule has 46 heavy (non-hydrogen) atoms. The number of amides is 4. The SMILES string of the molecule is CC(C)[C@H]1COCCCCOc2ccc(cc2)C[C@@H](NC(=O)N[C@@H](CCCCNC(=O)OC(C)(C)C)C(=O)OC(C)(C)C)C(=O)N1. The van der Waals surface area contributed by atoms with Gasteiger partial charge in [-0.3, -0.25) is 4.79 Å². The number of hydrogen-bond acceptors (Lipinski definition) is 8. The Hall–Kier alpha value is -3.54. The summed E-state index contributed by atoms with van der Waals surface area (Å²) >= 11 is 0. The Morgan fingerprint density at radius 2 is 1.61 bits per heavy atom. The Morgan fingerprint density at radius 1 is 0.957 bits per heavy atom. The van der Waals surface area contributed by atoms with Gasteiger partial charge in [-0.2, -0.15) is 0 Å². The number of ether oxygens (including phenoxy) is 4. The minimum absolute atomic E-state index is 0.0984. The molecule has 2 aliphatic heterocycles. The van der Waals surface area contributed by atoms with Crippen LogP contribution in [0.2, 0.25) is 0 Å². The number of nitrogens with one attached hydrogen (secondary N) is 4. The van der Waals surface area contributed by atoms with Crippen molar-refractivity contribution in [1.29, 1.82) is 0 Å². The second kappa shape index (κ2) is 18.6. The minimum Gasteiger partial charge on any atom is -0.494 e. The van der Waals surface area contributed by atoms with Crippen molar-refractivity contribution in [2.75, 3.05) is 26.4 Å². The van der Waals surface area contributed by atoms with Crippen LogP contribution in [0.3, 0.4) is 0 Å². The molecule has 0 fully saturated rings. The molecule has 3 atom stereocenters. The highest BCUT2D eigenvalue weighted by atomic mass is 16.6. The number of alkyl carbamates (subject to hydrolysis) is 1. The molecule has 0 radical (unpaired) electrons. The number of rotatable bonds is 9. The molecule has 0 aliphatic carbocycles. The summed E-state index contributed by atoms with van der Waals surface area (Å²) in [7, 11) is 0. The molecule has 0 unspecified atom stereocenters. The molecular weight excluding hydrogens is 592 g/mol. The molecule has 2 bridgehead atoms. The van der Waals surface area contributed by atoms with E-state index in [-0.39, 0.29) is 30.7 Å². The van der Waals surface area contributed by atoms with E-state index in [2.05, 4.69) is 21.3 Å². The standard InChI is InChI=1S/C34H56N4O8/c1-23(2)28-22-43-19-11-12-20-44-25-16-14-24(15-17-25)21-27(29(39)36-28)38-31(41)37-26(30(40)45-33(3,4)5)13-9-10-18-35-32(42)46-34(6,7)8/h14-17,23,26-28H,9-13,18-22H2,1-8H3,(H,35,42)(H,36,39)(H2,37,38,41)/t26-,27+,28+/m0/s1. The maximum atomic E-state index is 13.6. The van der Waals surface area contributed by atoms with Crippen molar-refractivity contribution < 1.29 is 38.1 Å². The molecule has 4 N–H and O–H groups in total. The smallest absolute Gasteiger partial charge is 0.407 e. The Morgan fingerprint density at radius 3 is 2.24 bits per heavy atom. The van der Waals surface area contributed by atoms with E-state index in [0.717, 1.165) is 24.2 Å². The Balaban J connectivity index is 2.14. The largest absolute Gasteiger partial charge is 0.494 e. The third kappa shape index (κ3) is 16.1. The predicted octanol–water partition coefficient (Wildman–Crippen LogP) is 4.63. The van der Waals surface area contributed by atoms with Crippen LogP contribution < -0.4 is 26.0 Å². The van der Waals surface area contributed by atoms with E-state index in [1.165, 1.54) is 0 Å². The van der Waals surface area contributed by atoms with Crippen LogP contribution in [0.15, 0.2) is 24.3 Å². The molecular formula is C34H56N4O8. The van der Waals surface area contributed by atoms with Crippen LogP contribution in [0.25, 0.3) is 0 Å². The maximum Gasteiger partial charge on any atom is 0.407 e. The van der Waals surface area contributed by atoms with Crippen LogP contribution in [0, 0.1) is 5.92 Å². The van der Waals surface area contributed by atoms with Crippen LogP contribution in [0.4, 0.5) is 9.59 Å². The van der Waals surface area contributed by atoms with Crippen LogP contribution in [-0.4, -0.2) is 79.7 Å². The first-order valence-electron chi connectivity index (χ1n) is 16.4. The lowest BCUT2D eigenvalue weighted by atomic mass is 10.0. The topological polar surface area (TPSA) is 153 Å². The summed E-state index contributed by atoms with van der Waals surface area (Å²) in [6.07, 6.45) is 2.71. The number of hydrogen-bond donors (Lipinski definition) is 4. The number of unbranched alkanes of at least 4 members (excludes halogenated alkanes) is 1. The number of benzene rings is 1. The zero-order chi connectivity index (χ0) is 34.3. The highest BCUT2D eigenvalue weighted by Crippen LogP contribution is 2.16. The van der Waals surface area contributed by atoms with E-state index in [1.807, 2.05) is 38.1 Å². The molecule has 0 spiro atoms. The fraction of sp³-hybridized carbons (Fsp3) is 0.706. The van der Waals surface area contributed by atoms with Crippen LogP contribution in [0.5, 0.6) is 5.75 Å². The third-order valence-electron chi connectivity index (χ3n) is 6.95. The van der Waals surface area contributed by atoms with Gasteiger partial charge in [-0.15, -0.1) is 0 Å². The molecule has 0 saturated heterocycles. The summed E-state index contributed by atoms with van der Waals surface area (Å²) in [5, 5.41) is 11.3. The van der Waals surface area contributed by atoms with Crippen molar-refractivity contribution in [3.63, 3.8) is 0 Å². The number of fused-ring (bicyclic) bond motifs is 13. The fourth-order valence-corrected chi connectivity index (χ4v) is 4.52. The molecule has 2 heterocycles. The number of urea groups is 1. The molecule has 260 valence electrons. The van der Waals surface area contributed by atoms with E-state index < -0.39 is 41.4 Å². The van der Waals surface area contributed by atoms with Crippen molar-refractivity contribution in [3.05, 3.63) is 29.8 Å². The monoisotopic (exact) mass is 648 g/mol. The van der Waals surface area contributed by atoms with Crippen molar-refractivity contribution in [1.82, 2.24) is 21.3 Å². The van der Waals surface area contributed by atoms with Gasteiger partial charge in [0.15, 0.2) is 0 Å². The molecule has 12 heteroatoms. The first-order chi connectivity index (χ1) is 21.5. The second-order valence-corrected chi connectivity index (χ2v) is 14.0. The summed E-state index contributed by atoms with van der Waals surface area (Å²) in [6.45, 7) is 16.4. The normalized spacial score (nSPS) is 18.9. The lowest BCUT2D eigenvalue weighted by molar-refractivity contribution is -0.157. The van der Waals surface area contributed by atoms with E-state index in [1.54, 1.807) is 41.5 Å². The van der Waals surface area contributed by atoms with Gasteiger partial charge in [0.05, 0.1) is 19.3 Å². The second-order valence-electron chi connectivity index (χ2n) is 14.0. The molecule has 1 aromatic rings. The maximum absolute atomic E-state index is 13.6. The summed E-state index contributed by atoms with van der Waals surface area (Å²) in [5.74, 6) is -0.115. The third-order valence-corrected chi connectivity index (χ3v) is 6.95. The lowest BCUT2D eigenvalue weighted by Crippen LogP contribution is -2.56. The fourth-order valence-electron chi connectivity index (χ4n) is 4.52. The van der Waals surface area contributed by atoms with Gasteiger partial charge in [0.1, 0.15) is 29.0 Å². The number of carbonyl (C=O) groups excluding carboxylic acids is 4. The minimum atomic E-state index is -0.969. The lowest BCUT2D eigenvalue weighted by Gasteiger charge is -2.27. The van der Waals surface area contributed by atoms with Gasteiger partial charge in [-0.1, -0.05) is 26.0 Å². The van der Waals surface area contributed by atoms with Crippen molar-refractivity contribution in [2.45, 2.75) is 123 Å². The van der Waals surface area contributed by atoms with Gasteiger partial charge in [0.2, 0.25) is 5.91 Å². The van der Waals surface area contributed by atoms with Crippen molar-refractivity contribution >= 4 is 24.0 Å². The van der Waals surface area contributed by atoms with E-state index >= 15 is 0 Å². The zero-order valence-corrected chi connectivity index (χ0v) is 29.0. The molecule has 12 nitrogen and oxygen atoms in total. The highest BCUT2D eigenvalue weighted by Gasteiger charge is 2.30. The average Bonchev–Trinajstić information content (AvgIpc) is 2.93. The number of esters is 1. The average molecular weight is 649 g/mol. The van der Waals surface area contributed by atoms with E-state index in [0.29, 0.717) is 39.2 Å². The predicted molar refractivity (Wildman–Crippen MR) is 176 cm³/mol. The molecule has 0 saturated carbocycles. The van der Waals surface area contributed by atoms with E-state index in [9.17, 15) is 19.2 Å². The van der Waals surface area contributed by atoms with Gasteiger partial charge >= 0.3 is 18.1 Å². The van der Waals surface area contributed by atoms with Gasteiger partial charge in [0.25, 0.3) is 0 Å². The number of carbonyl (C=O) groups is 4. The van der Waals surface area contributed by atoms with Crippen LogP contribution in [0.1, 0.15) is 93.1 Å². The summed E-state index contributed by atoms with van der Waals surface area (Å²) in [5.41, 5.74) is -0.538. The van der Waals surface area contributed by atoms with Gasteiger partial charge in [-0.05, 0) is 97.3 Å². The molecule has 0 aromatic heterocycles. The van der Waals surface area contributed by atoms with E-state index in [4.69, 9.17) is 18.9 Å². The molecule has 2 aliphatic rings. The van der Waals surface area contributed by atoms with Crippen molar-refractivity contribution in [3.8, 4) is 5.75 Å². The van der Waals surface area contributed by atoms with Gasteiger partial charge in [-0.25, -0.2) is 14.4 Å². The quantitative estimate of drug-likeness (QED) is 0.223.